The van der Waals surface area contributed by atoms with Crippen molar-refractivity contribution >= 4 is 39.1 Å². The summed E-state index contributed by atoms with van der Waals surface area (Å²) >= 11 is 6.35. The Hall–Kier alpha value is -3.43. The monoisotopic (exact) mass is 587 g/mol. The molecule has 1 N–H and O–H groups in total. The lowest BCUT2D eigenvalue weighted by Gasteiger charge is -2.34. The third-order valence-corrected chi connectivity index (χ3v) is 8.95. The van der Waals surface area contributed by atoms with Gasteiger partial charge in [0.25, 0.3) is 10.0 Å². The zero-order chi connectivity index (χ0) is 29.4. The van der Waals surface area contributed by atoms with Crippen molar-refractivity contribution in [2.24, 2.45) is 0 Å². The van der Waals surface area contributed by atoms with E-state index in [4.69, 9.17) is 11.6 Å². The molecule has 0 aliphatic carbocycles. The van der Waals surface area contributed by atoms with E-state index in [0.717, 1.165) is 4.31 Å². The molecule has 40 heavy (non-hydrogen) atoms. The van der Waals surface area contributed by atoms with Gasteiger partial charge in [-0.3, -0.25) is 13.9 Å². The fourth-order valence-electron chi connectivity index (χ4n) is 4.25. The molecule has 0 aromatic heterocycles. The van der Waals surface area contributed by atoms with Gasteiger partial charge in [-0.15, -0.1) is 0 Å². The van der Waals surface area contributed by atoms with Crippen molar-refractivity contribution in [3.05, 3.63) is 94.8 Å². The summed E-state index contributed by atoms with van der Waals surface area (Å²) in [5, 5.41) is 3.27. The number of nitrogens with one attached hydrogen (secondary N) is 1. The van der Waals surface area contributed by atoms with E-state index in [-0.39, 0.29) is 35.5 Å². The van der Waals surface area contributed by atoms with Crippen molar-refractivity contribution in [1.82, 2.24) is 10.2 Å². The first-order valence-electron chi connectivity index (χ1n) is 13.2. The highest BCUT2D eigenvalue weighted by atomic mass is 35.5. The van der Waals surface area contributed by atoms with Gasteiger partial charge in [-0.25, -0.2) is 12.8 Å². The van der Waals surface area contributed by atoms with Gasteiger partial charge in [0.05, 0.1) is 10.6 Å². The molecule has 3 aromatic carbocycles. The summed E-state index contributed by atoms with van der Waals surface area (Å²) in [6, 6.07) is 17.3. The average molecular weight is 588 g/mol. The van der Waals surface area contributed by atoms with Gasteiger partial charge >= 0.3 is 0 Å². The molecule has 3 aromatic rings. The molecule has 0 saturated heterocycles. The first-order chi connectivity index (χ1) is 19.0. The van der Waals surface area contributed by atoms with Crippen LogP contribution in [-0.4, -0.2) is 43.8 Å². The van der Waals surface area contributed by atoms with Gasteiger partial charge in [-0.05, 0) is 74.2 Å². The second-order valence-electron chi connectivity index (χ2n) is 9.60. The van der Waals surface area contributed by atoms with Crippen LogP contribution in [0, 0.1) is 12.7 Å². The first-order valence-corrected chi connectivity index (χ1v) is 15.0. The number of hydrogen-bond donors (Lipinski definition) is 1. The highest BCUT2D eigenvalue weighted by Crippen LogP contribution is 2.31. The second-order valence-corrected chi connectivity index (χ2v) is 11.9. The van der Waals surface area contributed by atoms with Crippen molar-refractivity contribution in [1.29, 1.82) is 0 Å². The fraction of sp³-hybridized carbons (Fsp3) is 0.333. The zero-order valence-electron chi connectivity index (χ0n) is 23.1. The Morgan fingerprint density at radius 3 is 2.20 bits per heavy atom. The normalized spacial score (nSPS) is 12.8. The minimum Gasteiger partial charge on any atom is -0.352 e. The van der Waals surface area contributed by atoms with E-state index >= 15 is 0 Å². The Balaban J connectivity index is 2.08. The van der Waals surface area contributed by atoms with E-state index in [9.17, 15) is 22.4 Å². The largest absolute Gasteiger partial charge is 0.352 e. The number of anilines is 1. The van der Waals surface area contributed by atoms with E-state index in [2.05, 4.69) is 5.32 Å². The number of halogens is 2. The quantitative estimate of drug-likeness (QED) is 0.294. The molecule has 0 unspecified atom stereocenters. The van der Waals surface area contributed by atoms with Crippen molar-refractivity contribution in [3.63, 3.8) is 0 Å². The minimum atomic E-state index is -4.20. The summed E-state index contributed by atoms with van der Waals surface area (Å²) in [5.41, 5.74) is 1.34. The molecule has 0 radical (unpaired) electrons. The van der Waals surface area contributed by atoms with Crippen LogP contribution in [0.3, 0.4) is 0 Å². The van der Waals surface area contributed by atoms with Crippen LogP contribution in [0.5, 0.6) is 0 Å². The number of hydrogen-bond acceptors (Lipinski definition) is 4. The molecule has 2 atom stereocenters. The summed E-state index contributed by atoms with van der Waals surface area (Å²) < 4.78 is 42.4. The van der Waals surface area contributed by atoms with Crippen LogP contribution in [0.4, 0.5) is 10.1 Å². The summed E-state index contributed by atoms with van der Waals surface area (Å²) in [6.45, 7) is 6.68. The minimum absolute atomic E-state index is 0.00816. The molecule has 0 bridgehead atoms. The van der Waals surface area contributed by atoms with Crippen LogP contribution >= 0.6 is 11.6 Å². The molecule has 7 nitrogen and oxygen atoms in total. The van der Waals surface area contributed by atoms with E-state index < -0.39 is 34.3 Å². The molecule has 0 saturated carbocycles. The molecule has 3 rings (SSSR count). The summed E-state index contributed by atoms with van der Waals surface area (Å²) in [7, 11) is -4.20. The van der Waals surface area contributed by atoms with Crippen molar-refractivity contribution in [2.75, 3.05) is 10.8 Å². The Labute approximate surface area is 241 Å². The smallest absolute Gasteiger partial charge is 0.264 e. The van der Waals surface area contributed by atoms with Crippen molar-refractivity contribution in [2.45, 2.75) is 64.1 Å². The van der Waals surface area contributed by atoms with E-state index in [1.54, 1.807) is 50.2 Å². The number of rotatable bonds is 12. The molecule has 2 amide bonds. The lowest BCUT2D eigenvalue weighted by Crippen LogP contribution is -2.53. The second kappa shape index (κ2) is 13.8. The van der Waals surface area contributed by atoms with Crippen LogP contribution in [-0.2, 0) is 26.2 Å². The molecule has 0 fully saturated rings. The molecule has 0 heterocycles. The van der Waals surface area contributed by atoms with Gasteiger partial charge in [0, 0.05) is 17.6 Å². The SMILES string of the molecule is CC[C@@H](C)NC(=O)[C@@H](CC)N(Cc1ccc(F)cc1)C(=O)CN(c1cccc(Cl)c1C)S(=O)(=O)c1ccccc1. The van der Waals surface area contributed by atoms with E-state index in [0.29, 0.717) is 22.6 Å². The Kier molecular flexibility index (Phi) is 10.7. The van der Waals surface area contributed by atoms with Crippen LogP contribution in [0.1, 0.15) is 44.7 Å². The summed E-state index contributed by atoms with van der Waals surface area (Å²) in [4.78, 5) is 28.7. The number of carbonyl (C=O) groups is 2. The number of sulfonamides is 1. The molecule has 0 spiro atoms. The average Bonchev–Trinajstić information content (AvgIpc) is 2.94. The number of amides is 2. The summed E-state index contributed by atoms with van der Waals surface area (Å²) in [5.74, 6) is -1.36. The lowest BCUT2D eigenvalue weighted by molar-refractivity contribution is -0.140. The van der Waals surface area contributed by atoms with Gasteiger partial charge in [0.1, 0.15) is 18.4 Å². The third-order valence-electron chi connectivity index (χ3n) is 6.77. The molecule has 10 heteroatoms. The Morgan fingerprint density at radius 2 is 1.60 bits per heavy atom. The van der Waals surface area contributed by atoms with Crippen LogP contribution in [0.25, 0.3) is 0 Å². The van der Waals surface area contributed by atoms with Gasteiger partial charge in [-0.1, -0.05) is 61.8 Å². The Bertz CT molecular complexity index is 1420. The highest BCUT2D eigenvalue weighted by Gasteiger charge is 2.34. The molecule has 0 aliphatic rings. The third kappa shape index (κ3) is 7.40. The summed E-state index contributed by atoms with van der Waals surface area (Å²) in [6.07, 6.45) is 0.988. The van der Waals surface area contributed by atoms with Crippen LogP contribution in [0.2, 0.25) is 5.02 Å². The predicted octanol–water partition coefficient (Wildman–Crippen LogP) is 5.70. The molecular formula is C30H35ClFN3O4S. The first kappa shape index (κ1) is 31.1. The number of carbonyl (C=O) groups excluding carboxylic acids is 2. The molecule has 0 aliphatic heterocycles. The van der Waals surface area contributed by atoms with Gasteiger partial charge in [0.15, 0.2) is 0 Å². The fourth-order valence-corrected chi connectivity index (χ4v) is 5.91. The maximum Gasteiger partial charge on any atom is 0.264 e. The molecule has 214 valence electrons. The highest BCUT2D eigenvalue weighted by molar-refractivity contribution is 7.92. The Morgan fingerprint density at radius 1 is 0.950 bits per heavy atom. The zero-order valence-corrected chi connectivity index (χ0v) is 24.7. The van der Waals surface area contributed by atoms with Crippen LogP contribution in [0.15, 0.2) is 77.7 Å². The molecular weight excluding hydrogens is 553 g/mol. The van der Waals surface area contributed by atoms with Crippen molar-refractivity contribution < 1.29 is 22.4 Å². The van der Waals surface area contributed by atoms with E-state index in [1.807, 2.05) is 13.8 Å². The van der Waals surface area contributed by atoms with Crippen LogP contribution < -0.4 is 9.62 Å². The predicted molar refractivity (Wildman–Crippen MR) is 156 cm³/mol. The lowest BCUT2D eigenvalue weighted by atomic mass is 10.1. The standard InChI is InChI=1S/C30H35ClFN3O4S/c1-5-21(3)33-30(37)27(6-2)34(19-23-15-17-24(32)18-16-23)29(36)20-35(28-14-10-13-26(31)22(28)4)40(38,39)25-11-8-7-9-12-25/h7-18,21,27H,5-6,19-20H2,1-4H3,(H,33,37)/t21-,27-/m1/s1. The number of benzene rings is 3. The maximum absolute atomic E-state index is 14.1. The van der Waals surface area contributed by atoms with Gasteiger partial charge in [0.2, 0.25) is 11.8 Å². The van der Waals surface area contributed by atoms with Gasteiger partial charge in [-0.2, -0.15) is 0 Å². The van der Waals surface area contributed by atoms with Crippen molar-refractivity contribution in [3.8, 4) is 0 Å². The topological polar surface area (TPSA) is 86.8 Å². The maximum atomic E-state index is 14.1. The number of nitrogens with zero attached hydrogens (tertiary/aromatic N) is 2. The van der Waals surface area contributed by atoms with Gasteiger partial charge < -0.3 is 10.2 Å². The van der Waals surface area contributed by atoms with E-state index in [1.165, 1.54) is 41.3 Å².